The van der Waals surface area contributed by atoms with E-state index in [1.54, 1.807) is 30.3 Å². The molecule has 0 atom stereocenters. The summed E-state index contributed by atoms with van der Waals surface area (Å²) in [5.74, 6) is 0.281. The van der Waals surface area contributed by atoms with E-state index in [2.05, 4.69) is 31.9 Å². The normalized spacial score (nSPS) is 11.2. The lowest BCUT2D eigenvalue weighted by molar-refractivity contribution is -0.112. The maximum atomic E-state index is 12.7. The van der Waals surface area contributed by atoms with Gasteiger partial charge < -0.3 is 14.6 Å². The second-order valence-corrected chi connectivity index (χ2v) is 8.03. The first-order chi connectivity index (χ1) is 14.8. The topological polar surface area (TPSA) is 67.0 Å². The van der Waals surface area contributed by atoms with E-state index in [4.69, 9.17) is 4.74 Å². The van der Waals surface area contributed by atoms with Crippen molar-refractivity contribution in [1.29, 1.82) is 5.26 Å². The molecule has 1 N–H and O–H groups in total. The summed E-state index contributed by atoms with van der Waals surface area (Å²) in [6.07, 6.45) is 1.63. The highest BCUT2D eigenvalue weighted by Crippen LogP contribution is 2.26. The Kier molecular flexibility index (Phi) is 6.98. The first-order valence-electron chi connectivity index (χ1n) is 9.95. The maximum Gasteiger partial charge on any atom is 0.266 e. The molecule has 3 aromatic rings. The van der Waals surface area contributed by atoms with Crippen molar-refractivity contribution in [3.63, 3.8) is 0 Å². The summed E-state index contributed by atoms with van der Waals surface area (Å²) in [4.78, 5) is 12.7. The second-order valence-electron chi connectivity index (χ2n) is 7.18. The lowest BCUT2D eigenvalue weighted by Crippen LogP contribution is -2.13. The number of nitrogens with one attached hydrogen (secondary N) is 1. The number of ether oxygens (including phenoxy) is 1. The van der Waals surface area contributed by atoms with Gasteiger partial charge >= 0.3 is 0 Å². The van der Waals surface area contributed by atoms with Crippen molar-refractivity contribution in [2.24, 2.45) is 0 Å². The van der Waals surface area contributed by atoms with Crippen molar-refractivity contribution in [2.45, 2.75) is 27.7 Å². The third-order valence-electron chi connectivity index (χ3n) is 4.96. The van der Waals surface area contributed by atoms with Crippen molar-refractivity contribution < 1.29 is 9.53 Å². The van der Waals surface area contributed by atoms with Gasteiger partial charge in [-0.05, 0) is 93.4 Å². The molecule has 0 spiro atoms. The molecule has 6 heteroatoms. The van der Waals surface area contributed by atoms with Gasteiger partial charge in [0.25, 0.3) is 5.91 Å². The molecule has 0 aliphatic carbocycles. The van der Waals surface area contributed by atoms with Gasteiger partial charge in [0.05, 0.1) is 6.61 Å². The van der Waals surface area contributed by atoms with Crippen LogP contribution in [0.15, 0.2) is 58.6 Å². The molecule has 31 heavy (non-hydrogen) atoms. The van der Waals surface area contributed by atoms with Crippen LogP contribution >= 0.6 is 15.9 Å². The van der Waals surface area contributed by atoms with Crippen LogP contribution in [0.2, 0.25) is 0 Å². The van der Waals surface area contributed by atoms with E-state index in [0.29, 0.717) is 12.3 Å². The minimum absolute atomic E-state index is 0.0427. The Labute approximate surface area is 191 Å². The number of benzene rings is 2. The number of nitriles is 1. The van der Waals surface area contributed by atoms with Crippen molar-refractivity contribution in [3.05, 3.63) is 81.1 Å². The van der Waals surface area contributed by atoms with Gasteiger partial charge in [0.1, 0.15) is 17.4 Å². The average molecular weight is 478 g/mol. The molecule has 0 aliphatic heterocycles. The highest BCUT2D eigenvalue weighted by molar-refractivity contribution is 9.10. The third-order valence-corrected chi connectivity index (χ3v) is 5.85. The van der Waals surface area contributed by atoms with Crippen LogP contribution < -0.4 is 10.1 Å². The fraction of sp³-hybridized carbons (Fsp3) is 0.200. The summed E-state index contributed by atoms with van der Waals surface area (Å²) in [5.41, 5.74) is 5.63. The number of aryl methyl sites for hydroxylation is 2. The molecular formula is C25H24BrN3O2. The summed E-state index contributed by atoms with van der Waals surface area (Å²) < 4.78 is 8.58. The molecule has 158 valence electrons. The highest BCUT2D eigenvalue weighted by Gasteiger charge is 2.14. The van der Waals surface area contributed by atoms with Crippen LogP contribution in [-0.2, 0) is 4.79 Å². The van der Waals surface area contributed by atoms with Gasteiger partial charge in [-0.2, -0.15) is 5.26 Å². The van der Waals surface area contributed by atoms with Gasteiger partial charge in [0.15, 0.2) is 0 Å². The van der Waals surface area contributed by atoms with Crippen molar-refractivity contribution in [2.75, 3.05) is 11.9 Å². The van der Waals surface area contributed by atoms with E-state index in [1.807, 2.05) is 52.0 Å². The van der Waals surface area contributed by atoms with Crippen molar-refractivity contribution in [1.82, 2.24) is 4.57 Å². The van der Waals surface area contributed by atoms with Gasteiger partial charge in [-0.3, -0.25) is 4.79 Å². The standard InChI is InChI=1S/C25H24BrN3O2/c1-5-31-23-9-6-21(7-10-23)28-25(30)20(15-27)14-19-13-17(3)29(18(19)4)22-8-11-24(26)16(2)12-22/h6-14H,5H2,1-4H3,(H,28,30)/b20-14-. The van der Waals surface area contributed by atoms with Crippen molar-refractivity contribution >= 4 is 33.6 Å². The SMILES string of the molecule is CCOc1ccc(NC(=O)/C(C#N)=C\c2cc(C)n(-c3ccc(Br)c(C)c3)c2C)cc1. The van der Waals surface area contributed by atoms with Gasteiger partial charge in [-0.25, -0.2) is 0 Å². The van der Waals surface area contributed by atoms with E-state index in [1.165, 1.54) is 0 Å². The number of anilines is 1. The van der Waals surface area contributed by atoms with E-state index < -0.39 is 5.91 Å². The molecule has 5 nitrogen and oxygen atoms in total. The number of amides is 1. The molecule has 0 saturated carbocycles. The van der Waals surface area contributed by atoms with Crippen LogP contribution in [-0.4, -0.2) is 17.1 Å². The van der Waals surface area contributed by atoms with Gasteiger partial charge in [0.2, 0.25) is 0 Å². The zero-order valence-electron chi connectivity index (χ0n) is 18.0. The second kappa shape index (κ2) is 9.67. The predicted octanol–water partition coefficient (Wildman–Crippen LogP) is 6.11. The van der Waals surface area contributed by atoms with Crippen molar-refractivity contribution in [3.8, 4) is 17.5 Å². The molecule has 1 aromatic heterocycles. The number of halogens is 1. The fourth-order valence-electron chi connectivity index (χ4n) is 3.40. The number of nitrogens with zero attached hydrogens (tertiary/aromatic N) is 2. The molecule has 2 aromatic carbocycles. The van der Waals surface area contributed by atoms with Crippen LogP contribution in [0.5, 0.6) is 5.75 Å². The van der Waals surface area contributed by atoms with Crippen LogP contribution in [0.25, 0.3) is 11.8 Å². The fourth-order valence-corrected chi connectivity index (χ4v) is 3.65. The van der Waals surface area contributed by atoms with Crippen LogP contribution in [0.4, 0.5) is 5.69 Å². The first kappa shape index (κ1) is 22.4. The quantitative estimate of drug-likeness (QED) is 0.344. The summed E-state index contributed by atoms with van der Waals surface area (Å²) in [6.45, 7) is 8.52. The van der Waals surface area contributed by atoms with Gasteiger partial charge in [-0.15, -0.1) is 0 Å². The minimum Gasteiger partial charge on any atom is -0.494 e. The minimum atomic E-state index is -0.448. The smallest absolute Gasteiger partial charge is 0.266 e. The van der Waals surface area contributed by atoms with Crippen LogP contribution in [0.1, 0.15) is 29.4 Å². The lowest BCUT2D eigenvalue weighted by atomic mass is 10.1. The summed E-state index contributed by atoms with van der Waals surface area (Å²) in [7, 11) is 0. The number of aromatic nitrogens is 1. The highest BCUT2D eigenvalue weighted by atomic mass is 79.9. The molecule has 0 bridgehead atoms. The molecule has 0 unspecified atom stereocenters. The average Bonchev–Trinajstić information content (AvgIpc) is 3.02. The molecule has 1 heterocycles. The number of carbonyl (C=O) groups excluding carboxylic acids is 1. The van der Waals surface area contributed by atoms with E-state index in [9.17, 15) is 10.1 Å². The van der Waals surface area contributed by atoms with E-state index >= 15 is 0 Å². The molecule has 0 saturated heterocycles. The number of rotatable bonds is 6. The maximum absolute atomic E-state index is 12.7. The number of carbonyl (C=O) groups is 1. The zero-order valence-corrected chi connectivity index (χ0v) is 19.6. The molecule has 3 rings (SSSR count). The Balaban J connectivity index is 1.87. The lowest BCUT2D eigenvalue weighted by Gasteiger charge is -2.11. The number of hydrogen-bond acceptors (Lipinski definition) is 3. The summed E-state index contributed by atoms with van der Waals surface area (Å²) >= 11 is 3.53. The molecule has 1 amide bonds. The largest absolute Gasteiger partial charge is 0.494 e. The van der Waals surface area contributed by atoms with Gasteiger partial charge in [-0.1, -0.05) is 15.9 Å². The molecule has 0 radical (unpaired) electrons. The van der Waals surface area contributed by atoms with E-state index in [0.717, 1.165) is 38.4 Å². The Morgan fingerprint density at radius 2 is 1.87 bits per heavy atom. The zero-order chi connectivity index (χ0) is 22.5. The molecular weight excluding hydrogens is 454 g/mol. The summed E-state index contributed by atoms with van der Waals surface area (Å²) in [5, 5.41) is 12.4. The Hall–Kier alpha value is -3.30. The Morgan fingerprint density at radius 1 is 1.16 bits per heavy atom. The molecule has 0 aliphatic rings. The molecule has 0 fully saturated rings. The summed E-state index contributed by atoms with van der Waals surface area (Å²) in [6, 6.07) is 17.2. The monoisotopic (exact) mass is 477 g/mol. The predicted molar refractivity (Wildman–Crippen MR) is 128 cm³/mol. The van der Waals surface area contributed by atoms with Crippen LogP contribution in [0.3, 0.4) is 0 Å². The van der Waals surface area contributed by atoms with Gasteiger partial charge in [0, 0.05) is 27.2 Å². The Morgan fingerprint density at radius 3 is 2.48 bits per heavy atom. The Bertz CT molecular complexity index is 1180. The third kappa shape index (κ3) is 5.07. The first-order valence-corrected chi connectivity index (χ1v) is 10.7. The number of hydrogen-bond donors (Lipinski definition) is 1. The van der Waals surface area contributed by atoms with Crippen LogP contribution in [0, 0.1) is 32.1 Å². The van der Waals surface area contributed by atoms with E-state index in [-0.39, 0.29) is 5.57 Å².